The zero-order valence-corrected chi connectivity index (χ0v) is 14.2. The largest absolute Gasteiger partial charge is 0.487 e. The molecule has 2 unspecified atom stereocenters. The summed E-state index contributed by atoms with van der Waals surface area (Å²) in [4.78, 5) is 14.3. The number of amides is 1. The number of hydrogen-bond acceptors (Lipinski definition) is 3. The van der Waals surface area contributed by atoms with Gasteiger partial charge in [-0.3, -0.25) is 4.79 Å². The normalized spacial score (nSPS) is 24.5. The van der Waals surface area contributed by atoms with Crippen LogP contribution in [0.1, 0.15) is 32.1 Å². The van der Waals surface area contributed by atoms with Crippen LogP contribution in [0.15, 0.2) is 18.2 Å². The third-order valence-corrected chi connectivity index (χ3v) is 4.76. The summed E-state index contributed by atoms with van der Waals surface area (Å²) < 4.78 is 32.1. The third kappa shape index (κ3) is 4.36. The molecule has 4 nitrogen and oxygen atoms in total. The highest BCUT2D eigenvalue weighted by atomic mass is 35.5. The fourth-order valence-corrected chi connectivity index (χ4v) is 3.44. The van der Waals surface area contributed by atoms with Crippen LogP contribution in [0, 0.1) is 17.6 Å². The van der Waals surface area contributed by atoms with Crippen LogP contribution in [0.3, 0.4) is 0 Å². The summed E-state index contributed by atoms with van der Waals surface area (Å²) >= 11 is 0. The van der Waals surface area contributed by atoms with Crippen molar-refractivity contribution in [3.8, 4) is 5.75 Å². The first kappa shape index (κ1) is 18.9. The maximum Gasteiger partial charge on any atom is 0.225 e. The molecule has 0 bridgehead atoms. The van der Waals surface area contributed by atoms with E-state index in [1.54, 1.807) is 0 Å². The van der Waals surface area contributed by atoms with E-state index < -0.39 is 11.6 Å². The Kier molecular flexibility index (Phi) is 6.40. The first-order valence-electron chi connectivity index (χ1n) is 8.19. The van der Waals surface area contributed by atoms with E-state index in [2.05, 4.69) is 0 Å². The van der Waals surface area contributed by atoms with E-state index in [-0.39, 0.29) is 42.1 Å². The summed E-state index contributed by atoms with van der Waals surface area (Å²) in [5.41, 5.74) is 5.87. The predicted octanol–water partition coefficient (Wildman–Crippen LogP) is 2.88. The third-order valence-electron chi connectivity index (χ3n) is 4.76. The maximum absolute atomic E-state index is 13.6. The lowest BCUT2D eigenvalue weighted by Crippen LogP contribution is -2.44. The number of nitrogens with two attached hydrogens (primary N) is 1. The van der Waals surface area contributed by atoms with Crippen molar-refractivity contribution < 1.29 is 18.3 Å². The van der Waals surface area contributed by atoms with Crippen molar-refractivity contribution >= 4 is 18.3 Å². The van der Waals surface area contributed by atoms with E-state index in [1.165, 1.54) is 12.1 Å². The first-order chi connectivity index (χ1) is 11.0. The van der Waals surface area contributed by atoms with E-state index >= 15 is 0 Å². The molecule has 1 saturated carbocycles. The summed E-state index contributed by atoms with van der Waals surface area (Å²) in [7, 11) is 0. The van der Waals surface area contributed by atoms with Crippen molar-refractivity contribution in [3.05, 3.63) is 29.8 Å². The van der Waals surface area contributed by atoms with Gasteiger partial charge < -0.3 is 15.4 Å². The van der Waals surface area contributed by atoms with Gasteiger partial charge in [0, 0.05) is 44.0 Å². The lowest BCUT2D eigenvalue weighted by Gasteiger charge is -2.33. The van der Waals surface area contributed by atoms with Gasteiger partial charge in [-0.1, -0.05) is 0 Å². The van der Waals surface area contributed by atoms with Crippen molar-refractivity contribution in [1.29, 1.82) is 0 Å². The smallest absolute Gasteiger partial charge is 0.225 e. The number of ether oxygens (including phenoxy) is 1. The van der Waals surface area contributed by atoms with Gasteiger partial charge in [0.05, 0.1) is 0 Å². The number of halogens is 3. The number of hydrogen-bond donors (Lipinski definition) is 1. The van der Waals surface area contributed by atoms with Gasteiger partial charge in [0.15, 0.2) is 11.6 Å². The number of carbonyl (C=O) groups excluding carboxylic acids is 1. The van der Waals surface area contributed by atoms with Gasteiger partial charge in [0.1, 0.15) is 11.9 Å². The molecule has 1 aromatic rings. The Bertz CT molecular complexity index is 580. The van der Waals surface area contributed by atoms with Crippen LogP contribution in [0.4, 0.5) is 8.78 Å². The molecule has 3 rings (SSSR count). The predicted molar refractivity (Wildman–Crippen MR) is 89.2 cm³/mol. The number of rotatable bonds is 3. The van der Waals surface area contributed by atoms with Crippen molar-refractivity contribution in [2.24, 2.45) is 11.7 Å². The molecule has 2 N–H and O–H groups in total. The standard InChI is InChI=1S/C17H22F2N2O2.ClH/c18-12-2-4-16(15(19)10-12)23-14-5-7-21(8-6-14)17(22)11-1-3-13(20)9-11;/h2,4,10-11,13-14H,1,3,5-9,20H2;1H. The Hall–Kier alpha value is -1.40. The van der Waals surface area contributed by atoms with Crippen LogP contribution < -0.4 is 10.5 Å². The second kappa shape index (κ2) is 8.12. The molecule has 0 spiro atoms. The van der Waals surface area contributed by atoms with Crippen molar-refractivity contribution in [2.45, 2.75) is 44.2 Å². The van der Waals surface area contributed by atoms with Crippen LogP contribution in [-0.2, 0) is 4.79 Å². The number of likely N-dealkylation sites (tertiary alicyclic amines) is 1. The second-order valence-corrected chi connectivity index (χ2v) is 6.49. The van der Waals surface area contributed by atoms with Crippen molar-refractivity contribution in [2.75, 3.05) is 13.1 Å². The number of carbonyl (C=O) groups is 1. The first-order valence-corrected chi connectivity index (χ1v) is 8.19. The van der Waals surface area contributed by atoms with Gasteiger partial charge in [-0.25, -0.2) is 8.78 Å². The molecule has 24 heavy (non-hydrogen) atoms. The van der Waals surface area contributed by atoms with Crippen LogP contribution in [-0.4, -0.2) is 36.0 Å². The zero-order chi connectivity index (χ0) is 16.4. The number of piperidine rings is 1. The Labute approximate surface area is 146 Å². The molecule has 7 heteroatoms. The summed E-state index contributed by atoms with van der Waals surface area (Å²) in [5, 5.41) is 0. The molecule has 134 valence electrons. The fraction of sp³-hybridized carbons (Fsp3) is 0.588. The van der Waals surface area contributed by atoms with Gasteiger partial charge >= 0.3 is 0 Å². The van der Waals surface area contributed by atoms with Crippen LogP contribution >= 0.6 is 12.4 Å². The average Bonchev–Trinajstić information content (AvgIpc) is 2.97. The Morgan fingerprint density at radius 1 is 1.17 bits per heavy atom. The molecule has 2 fully saturated rings. The van der Waals surface area contributed by atoms with E-state index in [4.69, 9.17) is 10.5 Å². The molecule has 1 heterocycles. The molecule has 1 aliphatic carbocycles. The molecule has 1 aromatic carbocycles. The Balaban J connectivity index is 0.00000208. The quantitative estimate of drug-likeness (QED) is 0.901. The van der Waals surface area contributed by atoms with Crippen LogP contribution in [0.2, 0.25) is 0 Å². The van der Waals surface area contributed by atoms with Crippen molar-refractivity contribution in [3.63, 3.8) is 0 Å². The summed E-state index contributed by atoms with van der Waals surface area (Å²) in [6.07, 6.45) is 3.72. The summed E-state index contributed by atoms with van der Waals surface area (Å²) in [5.74, 6) is -1.01. The maximum atomic E-state index is 13.6. The number of nitrogens with zero attached hydrogens (tertiary/aromatic N) is 1. The van der Waals surface area contributed by atoms with Gasteiger partial charge in [-0.05, 0) is 31.4 Å². The molecular weight excluding hydrogens is 338 g/mol. The zero-order valence-electron chi connectivity index (χ0n) is 13.4. The highest BCUT2D eigenvalue weighted by Gasteiger charge is 2.33. The van der Waals surface area contributed by atoms with E-state index in [0.29, 0.717) is 25.9 Å². The van der Waals surface area contributed by atoms with Gasteiger partial charge in [0.2, 0.25) is 5.91 Å². The molecule has 0 radical (unpaired) electrons. The van der Waals surface area contributed by atoms with E-state index in [9.17, 15) is 13.6 Å². The van der Waals surface area contributed by atoms with E-state index in [0.717, 1.165) is 25.3 Å². The highest BCUT2D eigenvalue weighted by molar-refractivity contribution is 5.85. The average molecular weight is 361 g/mol. The minimum absolute atomic E-state index is 0. The molecule has 1 amide bonds. The van der Waals surface area contributed by atoms with Gasteiger partial charge in [0.25, 0.3) is 0 Å². The molecule has 1 saturated heterocycles. The second-order valence-electron chi connectivity index (χ2n) is 6.49. The molecular formula is C17H23ClF2N2O2. The summed E-state index contributed by atoms with van der Waals surface area (Å²) in [6.45, 7) is 1.22. The van der Waals surface area contributed by atoms with Gasteiger partial charge in [-0.15, -0.1) is 12.4 Å². The minimum atomic E-state index is -0.691. The Morgan fingerprint density at radius 3 is 2.46 bits per heavy atom. The fourth-order valence-electron chi connectivity index (χ4n) is 3.44. The molecule has 0 aromatic heterocycles. The Morgan fingerprint density at radius 2 is 1.88 bits per heavy atom. The molecule has 2 aliphatic rings. The van der Waals surface area contributed by atoms with E-state index in [1.807, 2.05) is 4.90 Å². The lowest BCUT2D eigenvalue weighted by atomic mass is 10.0. The minimum Gasteiger partial charge on any atom is -0.487 e. The van der Waals surface area contributed by atoms with Gasteiger partial charge in [-0.2, -0.15) is 0 Å². The molecule has 1 aliphatic heterocycles. The SMILES string of the molecule is Cl.NC1CCC(C(=O)N2CCC(Oc3ccc(F)cc3F)CC2)C1. The van der Waals surface area contributed by atoms with Crippen LogP contribution in [0.5, 0.6) is 5.75 Å². The topological polar surface area (TPSA) is 55.6 Å². The number of benzene rings is 1. The van der Waals surface area contributed by atoms with Crippen LogP contribution in [0.25, 0.3) is 0 Å². The summed E-state index contributed by atoms with van der Waals surface area (Å²) in [6, 6.07) is 3.45. The lowest BCUT2D eigenvalue weighted by molar-refractivity contribution is -0.137. The monoisotopic (exact) mass is 360 g/mol. The highest BCUT2D eigenvalue weighted by Crippen LogP contribution is 2.28. The molecule has 2 atom stereocenters. The van der Waals surface area contributed by atoms with Crippen molar-refractivity contribution in [1.82, 2.24) is 4.90 Å².